The van der Waals surface area contributed by atoms with Gasteiger partial charge in [0.15, 0.2) is 0 Å². The van der Waals surface area contributed by atoms with Crippen molar-refractivity contribution < 1.29 is 19.1 Å². The molecular formula is C12H22N2O4. The van der Waals surface area contributed by atoms with Crippen LogP contribution in [0.3, 0.4) is 0 Å². The smallest absolute Gasteiger partial charge is 0.408 e. The number of ether oxygens (including phenoxy) is 2. The molecule has 104 valence electrons. The largest absolute Gasteiger partial charge is 0.444 e. The molecule has 0 aliphatic carbocycles. The zero-order valence-corrected chi connectivity index (χ0v) is 11.5. The summed E-state index contributed by atoms with van der Waals surface area (Å²) in [6.45, 7) is 7.06. The van der Waals surface area contributed by atoms with E-state index in [0.717, 1.165) is 0 Å². The number of nitrogens with one attached hydrogen (secondary N) is 1. The van der Waals surface area contributed by atoms with Crippen LogP contribution >= 0.6 is 0 Å². The molecule has 2 amide bonds. The Balaban J connectivity index is 2.40. The third kappa shape index (κ3) is 4.52. The summed E-state index contributed by atoms with van der Waals surface area (Å²) in [5, 5.41) is 2.60. The molecule has 0 aromatic rings. The molecule has 1 fully saturated rings. The fourth-order valence-electron chi connectivity index (χ4n) is 1.75. The number of likely N-dealkylation sites (tertiary alicyclic amines) is 1. The van der Waals surface area contributed by atoms with Gasteiger partial charge in [-0.15, -0.1) is 0 Å². The zero-order valence-electron chi connectivity index (χ0n) is 11.5. The lowest BCUT2D eigenvalue weighted by Gasteiger charge is -2.21. The quantitative estimate of drug-likeness (QED) is 0.808. The van der Waals surface area contributed by atoms with Gasteiger partial charge in [-0.1, -0.05) is 0 Å². The maximum atomic E-state index is 11.9. The van der Waals surface area contributed by atoms with Crippen LogP contribution in [0.1, 0.15) is 27.2 Å². The van der Waals surface area contributed by atoms with Gasteiger partial charge in [-0.05, 0) is 27.2 Å². The Morgan fingerprint density at radius 2 is 2.17 bits per heavy atom. The lowest BCUT2D eigenvalue weighted by molar-refractivity contribution is -0.129. The van der Waals surface area contributed by atoms with Crippen molar-refractivity contribution in [2.75, 3.05) is 26.8 Å². The normalized spacial score (nSPS) is 20.1. The molecule has 6 heteroatoms. The van der Waals surface area contributed by atoms with Crippen LogP contribution in [0.5, 0.6) is 0 Å². The molecule has 0 aromatic carbocycles. The summed E-state index contributed by atoms with van der Waals surface area (Å²) >= 11 is 0. The second-order valence-corrected chi connectivity index (χ2v) is 5.31. The third-order valence-electron chi connectivity index (χ3n) is 2.55. The number of rotatable bonds is 4. The minimum Gasteiger partial charge on any atom is -0.444 e. The van der Waals surface area contributed by atoms with Crippen LogP contribution in [0.2, 0.25) is 0 Å². The molecule has 0 radical (unpaired) electrons. The third-order valence-corrected chi connectivity index (χ3v) is 2.55. The van der Waals surface area contributed by atoms with E-state index in [2.05, 4.69) is 5.32 Å². The number of methoxy groups -OCH3 is 1. The maximum Gasteiger partial charge on any atom is 0.408 e. The molecule has 1 heterocycles. The molecule has 0 spiro atoms. The van der Waals surface area contributed by atoms with Gasteiger partial charge in [-0.2, -0.15) is 0 Å². The van der Waals surface area contributed by atoms with E-state index in [1.54, 1.807) is 32.8 Å². The lowest BCUT2D eigenvalue weighted by atomic mass is 10.2. The first-order valence-electron chi connectivity index (χ1n) is 6.11. The van der Waals surface area contributed by atoms with Crippen LogP contribution in [-0.2, 0) is 14.3 Å². The predicted octanol–water partition coefficient (Wildman–Crippen LogP) is 0.758. The number of nitrogens with zero attached hydrogens (tertiary/aromatic N) is 1. The highest BCUT2D eigenvalue weighted by Gasteiger charge is 2.33. The van der Waals surface area contributed by atoms with E-state index < -0.39 is 17.7 Å². The van der Waals surface area contributed by atoms with Gasteiger partial charge in [-0.3, -0.25) is 4.79 Å². The minimum absolute atomic E-state index is 0.0714. The summed E-state index contributed by atoms with van der Waals surface area (Å²) in [5.41, 5.74) is -0.554. The average Bonchev–Trinajstić information content (AvgIpc) is 2.55. The molecule has 0 bridgehead atoms. The fourth-order valence-corrected chi connectivity index (χ4v) is 1.75. The molecular weight excluding hydrogens is 236 g/mol. The minimum atomic E-state index is -0.554. The lowest BCUT2D eigenvalue weighted by Crippen LogP contribution is -2.44. The molecule has 1 unspecified atom stereocenters. The summed E-state index contributed by atoms with van der Waals surface area (Å²) in [6.07, 6.45) is 0.0661. The Kier molecular flexibility index (Phi) is 4.95. The van der Waals surface area contributed by atoms with E-state index in [0.29, 0.717) is 26.1 Å². The number of amides is 2. The molecule has 1 saturated heterocycles. The van der Waals surface area contributed by atoms with Gasteiger partial charge in [-0.25, -0.2) is 4.79 Å². The highest BCUT2D eigenvalue weighted by atomic mass is 16.6. The number of hydrogen-bond acceptors (Lipinski definition) is 4. The van der Waals surface area contributed by atoms with Crippen LogP contribution in [0.4, 0.5) is 4.79 Å². The summed E-state index contributed by atoms with van der Waals surface area (Å²) in [7, 11) is 1.59. The molecule has 6 nitrogen and oxygen atoms in total. The first-order chi connectivity index (χ1) is 8.33. The van der Waals surface area contributed by atoms with Crippen LogP contribution < -0.4 is 5.32 Å². The van der Waals surface area contributed by atoms with Crippen molar-refractivity contribution in [3.63, 3.8) is 0 Å². The van der Waals surface area contributed by atoms with Crippen LogP contribution in [-0.4, -0.2) is 55.3 Å². The number of hydrogen-bond donors (Lipinski definition) is 1. The average molecular weight is 258 g/mol. The van der Waals surface area contributed by atoms with Crippen molar-refractivity contribution in [3.8, 4) is 0 Å². The van der Waals surface area contributed by atoms with E-state index >= 15 is 0 Å². The Morgan fingerprint density at radius 1 is 1.50 bits per heavy atom. The molecule has 1 aliphatic rings. The topological polar surface area (TPSA) is 67.9 Å². The first kappa shape index (κ1) is 14.8. The Hall–Kier alpha value is -1.30. The van der Waals surface area contributed by atoms with Crippen LogP contribution in [0.15, 0.2) is 0 Å². The van der Waals surface area contributed by atoms with Crippen molar-refractivity contribution >= 4 is 12.0 Å². The van der Waals surface area contributed by atoms with Gasteiger partial charge in [0.2, 0.25) is 5.91 Å². The van der Waals surface area contributed by atoms with Crippen LogP contribution in [0, 0.1) is 0 Å². The molecule has 1 atom stereocenters. The summed E-state index contributed by atoms with van der Waals surface area (Å²) in [6, 6.07) is -0.475. The van der Waals surface area contributed by atoms with Gasteiger partial charge in [0, 0.05) is 20.2 Å². The van der Waals surface area contributed by atoms with Gasteiger partial charge >= 0.3 is 6.09 Å². The van der Waals surface area contributed by atoms with E-state index in [1.807, 2.05) is 0 Å². The number of alkyl carbamates (subject to hydrolysis) is 1. The zero-order chi connectivity index (χ0) is 13.8. The van der Waals surface area contributed by atoms with E-state index in [9.17, 15) is 9.59 Å². The van der Waals surface area contributed by atoms with Crippen molar-refractivity contribution in [2.45, 2.75) is 38.8 Å². The summed E-state index contributed by atoms with van der Waals surface area (Å²) < 4.78 is 10.0. The maximum absolute atomic E-state index is 11.9. The van der Waals surface area contributed by atoms with Gasteiger partial charge in [0.05, 0.1) is 6.61 Å². The van der Waals surface area contributed by atoms with Crippen molar-refractivity contribution in [1.82, 2.24) is 10.2 Å². The number of carbonyl (C=O) groups excluding carboxylic acids is 2. The molecule has 1 aliphatic heterocycles. The second-order valence-electron chi connectivity index (χ2n) is 5.31. The van der Waals surface area contributed by atoms with E-state index in [1.165, 1.54) is 0 Å². The van der Waals surface area contributed by atoms with Gasteiger partial charge < -0.3 is 19.7 Å². The number of carbonyl (C=O) groups is 2. The molecule has 0 saturated carbocycles. The monoisotopic (exact) mass is 258 g/mol. The fraction of sp³-hybridized carbons (Fsp3) is 0.833. The van der Waals surface area contributed by atoms with E-state index in [4.69, 9.17) is 9.47 Å². The summed E-state index contributed by atoms with van der Waals surface area (Å²) in [4.78, 5) is 25.2. The SMILES string of the molecule is COCCN1CCC(NC(=O)OC(C)(C)C)C1=O. The first-order valence-corrected chi connectivity index (χ1v) is 6.11. The van der Waals surface area contributed by atoms with Crippen molar-refractivity contribution in [2.24, 2.45) is 0 Å². The molecule has 1 N–H and O–H groups in total. The molecule has 1 rings (SSSR count). The van der Waals surface area contributed by atoms with Gasteiger partial charge in [0.25, 0.3) is 0 Å². The Labute approximate surface area is 108 Å². The van der Waals surface area contributed by atoms with E-state index in [-0.39, 0.29) is 5.91 Å². The predicted molar refractivity (Wildman–Crippen MR) is 66.2 cm³/mol. The highest BCUT2D eigenvalue weighted by molar-refractivity contribution is 5.87. The van der Waals surface area contributed by atoms with Gasteiger partial charge in [0.1, 0.15) is 11.6 Å². The molecule has 18 heavy (non-hydrogen) atoms. The molecule has 0 aromatic heterocycles. The standard InChI is InChI=1S/C12H22N2O4/c1-12(2,3)18-11(16)13-9-5-6-14(10(9)15)7-8-17-4/h9H,5-8H2,1-4H3,(H,13,16). The van der Waals surface area contributed by atoms with Crippen molar-refractivity contribution in [3.05, 3.63) is 0 Å². The van der Waals surface area contributed by atoms with Crippen LogP contribution in [0.25, 0.3) is 0 Å². The second kappa shape index (κ2) is 6.04. The summed E-state index contributed by atoms with van der Waals surface area (Å²) in [5.74, 6) is -0.0714. The van der Waals surface area contributed by atoms with Crippen molar-refractivity contribution in [1.29, 1.82) is 0 Å². The highest BCUT2D eigenvalue weighted by Crippen LogP contribution is 2.12. The Morgan fingerprint density at radius 3 is 2.72 bits per heavy atom. The Bertz CT molecular complexity index is 312.